The number of aromatic nitrogens is 2. The van der Waals surface area contributed by atoms with E-state index in [1.54, 1.807) is 0 Å². The summed E-state index contributed by atoms with van der Waals surface area (Å²) in [6, 6.07) is 40.8. The number of pyridine rings is 1. The van der Waals surface area contributed by atoms with Crippen LogP contribution in [0.1, 0.15) is 0 Å². The van der Waals surface area contributed by atoms with Gasteiger partial charge in [0.25, 0.3) is 0 Å². The average molecular weight is 500 g/mol. The Balaban J connectivity index is 1.38. The maximum absolute atomic E-state index is 6.30. The highest BCUT2D eigenvalue weighted by Gasteiger charge is 2.29. The number of anilines is 3. The van der Waals surface area contributed by atoms with Crippen molar-refractivity contribution in [1.82, 2.24) is 9.55 Å². The molecule has 8 aromatic rings. The van der Waals surface area contributed by atoms with E-state index in [1.807, 2.05) is 24.5 Å². The van der Waals surface area contributed by atoms with E-state index in [2.05, 4.69) is 118 Å². The molecule has 1 aliphatic rings. The van der Waals surface area contributed by atoms with E-state index in [-0.39, 0.29) is 0 Å². The van der Waals surface area contributed by atoms with Gasteiger partial charge in [0.05, 0.1) is 33.5 Å². The molecule has 5 aromatic carbocycles. The molecule has 39 heavy (non-hydrogen) atoms. The molecule has 0 N–H and O–H groups in total. The molecule has 0 radical (unpaired) electrons. The summed E-state index contributed by atoms with van der Waals surface area (Å²) in [4.78, 5) is 6.67. The number of benzene rings is 5. The number of para-hydroxylation sites is 4. The number of nitrogens with zero attached hydrogens (tertiary/aromatic N) is 3. The van der Waals surface area contributed by atoms with Crippen LogP contribution >= 0.6 is 0 Å². The summed E-state index contributed by atoms with van der Waals surface area (Å²) in [5.41, 5.74) is 11.1. The zero-order valence-electron chi connectivity index (χ0n) is 20.9. The molecule has 0 fully saturated rings. The lowest BCUT2D eigenvalue weighted by molar-refractivity contribution is 0.669. The first-order valence-electron chi connectivity index (χ1n) is 13.1. The number of fused-ring (bicyclic) bond motifs is 9. The van der Waals surface area contributed by atoms with E-state index in [9.17, 15) is 0 Å². The molecule has 0 atom stereocenters. The van der Waals surface area contributed by atoms with Crippen molar-refractivity contribution in [1.29, 1.82) is 0 Å². The third-order valence-electron chi connectivity index (χ3n) is 7.99. The third-order valence-corrected chi connectivity index (χ3v) is 7.99. The second kappa shape index (κ2) is 7.59. The fraction of sp³-hybridized carbons (Fsp3) is 0. The van der Waals surface area contributed by atoms with Crippen molar-refractivity contribution in [2.75, 3.05) is 4.90 Å². The van der Waals surface area contributed by atoms with Crippen molar-refractivity contribution in [2.45, 2.75) is 0 Å². The van der Waals surface area contributed by atoms with E-state index in [4.69, 9.17) is 4.42 Å². The van der Waals surface area contributed by atoms with Crippen LogP contribution in [0, 0.1) is 0 Å². The summed E-state index contributed by atoms with van der Waals surface area (Å²) in [7, 11) is 0. The van der Waals surface area contributed by atoms with Crippen molar-refractivity contribution in [3.8, 4) is 16.8 Å². The quantitative estimate of drug-likeness (QED) is 0.237. The summed E-state index contributed by atoms with van der Waals surface area (Å²) in [5, 5.41) is 4.77. The molecule has 0 bridgehead atoms. The van der Waals surface area contributed by atoms with Gasteiger partial charge in [-0.15, -0.1) is 0 Å². The lowest BCUT2D eigenvalue weighted by Gasteiger charge is -2.33. The Morgan fingerprint density at radius 3 is 2.15 bits per heavy atom. The lowest BCUT2D eigenvalue weighted by atomic mass is 10.0. The predicted octanol–water partition coefficient (Wildman–Crippen LogP) is 9.53. The van der Waals surface area contributed by atoms with Gasteiger partial charge in [0.15, 0.2) is 0 Å². The zero-order chi connectivity index (χ0) is 25.5. The van der Waals surface area contributed by atoms with Gasteiger partial charge in [-0.3, -0.25) is 4.98 Å². The summed E-state index contributed by atoms with van der Waals surface area (Å²) >= 11 is 0. The molecule has 0 saturated carbocycles. The molecular weight excluding hydrogens is 478 g/mol. The first kappa shape index (κ1) is 20.7. The fourth-order valence-corrected chi connectivity index (χ4v) is 6.35. The van der Waals surface area contributed by atoms with E-state index < -0.39 is 0 Å². The van der Waals surface area contributed by atoms with Gasteiger partial charge >= 0.3 is 0 Å². The number of hydrogen-bond donors (Lipinski definition) is 0. The van der Waals surface area contributed by atoms with Crippen LogP contribution in [-0.4, -0.2) is 9.55 Å². The molecule has 9 rings (SSSR count). The van der Waals surface area contributed by atoms with Crippen molar-refractivity contribution in [3.63, 3.8) is 0 Å². The molecule has 4 nitrogen and oxygen atoms in total. The number of hydrogen-bond acceptors (Lipinski definition) is 3. The van der Waals surface area contributed by atoms with Gasteiger partial charge in [0, 0.05) is 34.2 Å². The van der Waals surface area contributed by atoms with Crippen LogP contribution in [-0.2, 0) is 0 Å². The third kappa shape index (κ3) is 2.75. The molecule has 4 heterocycles. The van der Waals surface area contributed by atoms with Crippen molar-refractivity contribution < 1.29 is 4.42 Å². The highest BCUT2D eigenvalue weighted by molar-refractivity contribution is 6.27. The van der Waals surface area contributed by atoms with Gasteiger partial charge in [-0.2, -0.15) is 0 Å². The van der Waals surface area contributed by atoms with E-state index >= 15 is 0 Å². The molecule has 3 aromatic heterocycles. The van der Waals surface area contributed by atoms with Gasteiger partial charge in [-0.05, 0) is 65.7 Å². The monoisotopic (exact) mass is 499 g/mol. The SMILES string of the molecule is c1cncc(-c2ccc(N3c4ccccc4-n4c5c3cccc5c3ccc5oc6ccccc6c5c34)cc2)c1. The second-order valence-electron chi connectivity index (χ2n) is 10.1. The van der Waals surface area contributed by atoms with Crippen LogP contribution in [0.3, 0.4) is 0 Å². The standard InChI is InChI=1S/C35H21N3O/c1-4-13-31-27(8-1)33-32(39-31)19-18-26-25-9-5-12-30-34(25)38(35(26)33)29-11-3-2-10-28(29)37(30)24-16-14-22(15-17-24)23-7-6-20-36-21-23/h1-21H. The number of furan rings is 1. The van der Waals surface area contributed by atoms with Crippen LogP contribution in [0.5, 0.6) is 0 Å². The maximum atomic E-state index is 6.30. The van der Waals surface area contributed by atoms with E-state index in [1.165, 1.54) is 21.8 Å². The topological polar surface area (TPSA) is 34.2 Å². The van der Waals surface area contributed by atoms with Crippen LogP contribution < -0.4 is 4.90 Å². The summed E-state index contributed by atoms with van der Waals surface area (Å²) < 4.78 is 8.75. The first-order valence-corrected chi connectivity index (χ1v) is 13.1. The average Bonchev–Trinajstić information content (AvgIpc) is 3.55. The van der Waals surface area contributed by atoms with Crippen LogP contribution in [0.2, 0.25) is 0 Å². The number of rotatable bonds is 2. The Hall–Kier alpha value is -5.35. The summed E-state index contributed by atoms with van der Waals surface area (Å²) in [5.74, 6) is 0. The molecule has 0 aliphatic carbocycles. The Morgan fingerprint density at radius 2 is 1.28 bits per heavy atom. The molecular formula is C35H21N3O. The van der Waals surface area contributed by atoms with Crippen LogP contribution in [0.4, 0.5) is 17.1 Å². The highest BCUT2D eigenvalue weighted by atomic mass is 16.3. The molecule has 182 valence electrons. The van der Waals surface area contributed by atoms with Crippen molar-refractivity contribution >= 4 is 60.8 Å². The first-order chi connectivity index (χ1) is 19.4. The van der Waals surface area contributed by atoms with Crippen LogP contribution in [0.15, 0.2) is 132 Å². The van der Waals surface area contributed by atoms with E-state index in [0.29, 0.717) is 0 Å². The minimum absolute atomic E-state index is 0.912. The fourth-order valence-electron chi connectivity index (χ4n) is 6.35. The maximum Gasteiger partial charge on any atom is 0.137 e. The van der Waals surface area contributed by atoms with Crippen LogP contribution in [0.25, 0.3) is 60.6 Å². The van der Waals surface area contributed by atoms with Gasteiger partial charge < -0.3 is 13.9 Å². The summed E-state index contributed by atoms with van der Waals surface area (Å²) in [6.45, 7) is 0. The Morgan fingerprint density at radius 1 is 0.513 bits per heavy atom. The highest BCUT2D eigenvalue weighted by Crippen LogP contribution is 2.51. The van der Waals surface area contributed by atoms with Gasteiger partial charge in [0.1, 0.15) is 11.2 Å². The Labute approximate surface area is 224 Å². The Bertz CT molecular complexity index is 2220. The lowest BCUT2D eigenvalue weighted by Crippen LogP contribution is -2.18. The van der Waals surface area contributed by atoms with Gasteiger partial charge in [-0.1, -0.05) is 60.7 Å². The van der Waals surface area contributed by atoms with Gasteiger partial charge in [-0.25, -0.2) is 0 Å². The minimum Gasteiger partial charge on any atom is -0.456 e. The molecule has 0 amide bonds. The van der Waals surface area contributed by atoms with Gasteiger partial charge in [0.2, 0.25) is 0 Å². The second-order valence-corrected chi connectivity index (χ2v) is 10.1. The largest absolute Gasteiger partial charge is 0.456 e. The normalized spacial score (nSPS) is 12.6. The molecule has 1 aliphatic heterocycles. The zero-order valence-corrected chi connectivity index (χ0v) is 20.9. The van der Waals surface area contributed by atoms with E-state index in [0.717, 1.165) is 55.8 Å². The molecule has 4 heteroatoms. The molecule has 0 saturated heterocycles. The molecule has 0 unspecified atom stereocenters. The Kier molecular flexibility index (Phi) is 4.02. The predicted molar refractivity (Wildman–Crippen MR) is 160 cm³/mol. The minimum atomic E-state index is 0.912. The smallest absolute Gasteiger partial charge is 0.137 e. The molecule has 0 spiro atoms. The van der Waals surface area contributed by atoms with Crippen molar-refractivity contribution in [3.05, 3.63) is 128 Å². The summed E-state index contributed by atoms with van der Waals surface area (Å²) in [6.07, 6.45) is 3.72. The van der Waals surface area contributed by atoms with Crippen molar-refractivity contribution in [2.24, 2.45) is 0 Å².